The lowest BCUT2D eigenvalue weighted by molar-refractivity contribution is 0.0981. The molecule has 1 aliphatic rings. The number of hydrogen-bond acceptors (Lipinski definition) is 5. The third-order valence-electron chi connectivity index (χ3n) is 3.03. The number of nitrogens with zero attached hydrogens (tertiary/aromatic N) is 3. The lowest BCUT2D eigenvalue weighted by Crippen LogP contribution is -2.44. The molecule has 1 N–H and O–H groups in total. The quantitative estimate of drug-likeness (QED) is 0.870. The van der Waals surface area contributed by atoms with Crippen LogP contribution in [0.3, 0.4) is 0 Å². The van der Waals surface area contributed by atoms with Gasteiger partial charge in [-0.25, -0.2) is 9.97 Å². The molecule has 0 amide bonds. The zero-order valence-electron chi connectivity index (χ0n) is 11.4. The molecule has 1 atom stereocenters. The number of ether oxygens (including phenoxy) is 1. The number of hydrogen-bond donors (Lipinski definition) is 1. The van der Waals surface area contributed by atoms with Crippen LogP contribution in [-0.4, -0.2) is 41.8 Å². The molecule has 100 valence electrons. The van der Waals surface area contributed by atoms with Crippen LogP contribution in [0.2, 0.25) is 0 Å². The van der Waals surface area contributed by atoms with Crippen LogP contribution in [0.5, 0.6) is 0 Å². The van der Waals surface area contributed by atoms with Gasteiger partial charge in [0.25, 0.3) is 0 Å². The number of nitrogens with one attached hydrogen (secondary N) is 1. The summed E-state index contributed by atoms with van der Waals surface area (Å²) in [5.41, 5.74) is 1.12. The minimum absolute atomic E-state index is 0.346. The molecule has 0 aliphatic carbocycles. The summed E-state index contributed by atoms with van der Waals surface area (Å²) in [6.45, 7) is 9.58. The summed E-state index contributed by atoms with van der Waals surface area (Å²) in [6.07, 6.45) is 3.81. The molecule has 0 spiro atoms. The lowest BCUT2D eigenvalue weighted by atomic mass is 10.2. The Kier molecular flexibility index (Phi) is 4.49. The summed E-state index contributed by atoms with van der Waals surface area (Å²) in [4.78, 5) is 11.1. The van der Waals surface area contributed by atoms with E-state index in [0.29, 0.717) is 12.1 Å². The number of morpholine rings is 1. The Balaban J connectivity index is 1.98. The van der Waals surface area contributed by atoms with E-state index in [1.54, 1.807) is 0 Å². The Labute approximate surface area is 109 Å². The highest BCUT2D eigenvalue weighted by Crippen LogP contribution is 2.14. The molecule has 1 saturated heterocycles. The molecule has 0 bridgehead atoms. The molecular weight excluding hydrogens is 228 g/mol. The van der Waals surface area contributed by atoms with Gasteiger partial charge in [-0.15, -0.1) is 0 Å². The average Bonchev–Trinajstić information content (AvgIpc) is 2.38. The first-order valence-electron chi connectivity index (χ1n) is 6.55. The molecule has 2 rings (SSSR count). The summed E-state index contributed by atoms with van der Waals surface area (Å²) in [7, 11) is 0. The van der Waals surface area contributed by atoms with Crippen LogP contribution in [0.4, 0.5) is 5.95 Å². The minimum atomic E-state index is 0.346. The van der Waals surface area contributed by atoms with Gasteiger partial charge >= 0.3 is 0 Å². The van der Waals surface area contributed by atoms with Crippen LogP contribution in [0.25, 0.3) is 0 Å². The summed E-state index contributed by atoms with van der Waals surface area (Å²) in [5, 5.41) is 3.36. The highest BCUT2D eigenvalue weighted by molar-refractivity contribution is 5.32. The van der Waals surface area contributed by atoms with Gasteiger partial charge in [0.05, 0.1) is 19.3 Å². The standard InChI is InChI=1S/C13H22N4O/c1-10(2)14-6-12-7-15-13(16-8-12)17-4-5-18-9-11(17)3/h7-8,10-11,14H,4-6,9H2,1-3H3. The molecule has 5 heteroatoms. The van der Waals surface area contributed by atoms with Crippen molar-refractivity contribution in [2.75, 3.05) is 24.7 Å². The molecule has 0 saturated carbocycles. The second-order valence-electron chi connectivity index (χ2n) is 5.04. The first kappa shape index (κ1) is 13.2. The van der Waals surface area contributed by atoms with Crippen LogP contribution < -0.4 is 10.2 Å². The summed E-state index contributed by atoms with van der Waals surface area (Å²) in [6, 6.07) is 0.822. The molecule has 18 heavy (non-hydrogen) atoms. The zero-order chi connectivity index (χ0) is 13.0. The average molecular weight is 250 g/mol. The van der Waals surface area contributed by atoms with Crippen molar-refractivity contribution in [2.45, 2.75) is 39.4 Å². The molecule has 1 aromatic heterocycles. The molecular formula is C13H22N4O. The maximum atomic E-state index is 5.41. The van der Waals surface area contributed by atoms with Crippen molar-refractivity contribution in [3.63, 3.8) is 0 Å². The predicted octanol–water partition coefficient (Wildman–Crippen LogP) is 1.20. The first-order chi connectivity index (χ1) is 8.66. The second-order valence-corrected chi connectivity index (χ2v) is 5.04. The van der Waals surface area contributed by atoms with E-state index in [4.69, 9.17) is 4.74 Å². The van der Waals surface area contributed by atoms with Gasteiger partial charge in [-0.2, -0.15) is 0 Å². The molecule has 1 fully saturated rings. The molecule has 0 radical (unpaired) electrons. The highest BCUT2D eigenvalue weighted by Gasteiger charge is 2.20. The van der Waals surface area contributed by atoms with Crippen molar-refractivity contribution in [3.05, 3.63) is 18.0 Å². The van der Waals surface area contributed by atoms with Gasteiger partial charge in [-0.3, -0.25) is 0 Å². The fourth-order valence-corrected chi connectivity index (χ4v) is 1.93. The molecule has 1 aromatic rings. The minimum Gasteiger partial charge on any atom is -0.377 e. The third-order valence-corrected chi connectivity index (χ3v) is 3.03. The zero-order valence-corrected chi connectivity index (χ0v) is 11.4. The highest BCUT2D eigenvalue weighted by atomic mass is 16.5. The monoisotopic (exact) mass is 250 g/mol. The van der Waals surface area contributed by atoms with Gasteiger partial charge < -0.3 is 15.0 Å². The van der Waals surface area contributed by atoms with Crippen molar-refractivity contribution >= 4 is 5.95 Å². The summed E-state index contributed by atoms with van der Waals surface area (Å²) < 4.78 is 5.41. The summed E-state index contributed by atoms with van der Waals surface area (Å²) in [5.74, 6) is 0.805. The maximum absolute atomic E-state index is 5.41. The first-order valence-corrected chi connectivity index (χ1v) is 6.55. The molecule has 0 aromatic carbocycles. The SMILES string of the molecule is CC(C)NCc1cnc(N2CCOCC2C)nc1. The second kappa shape index (κ2) is 6.11. The number of anilines is 1. The fourth-order valence-electron chi connectivity index (χ4n) is 1.93. The molecule has 2 heterocycles. The third kappa shape index (κ3) is 3.40. The van der Waals surface area contributed by atoms with Crippen molar-refractivity contribution in [3.8, 4) is 0 Å². The van der Waals surface area contributed by atoms with Gasteiger partial charge in [0.15, 0.2) is 0 Å². The predicted molar refractivity (Wildman–Crippen MR) is 71.6 cm³/mol. The van der Waals surface area contributed by atoms with Gasteiger partial charge in [0.1, 0.15) is 0 Å². The van der Waals surface area contributed by atoms with Gasteiger partial charge in [-0.1, -0.05) is 13.8 Å². The Bertz CT molecular complexity index is 366. The van der Waals surface area contributed by atoms with Crippen LogP contribution in [-0.2, 0) is 11.3 Å². The van der Waals surface area contributed by atoms with Crippen molar-refractivity contribution in [1.82, 2.24) is 15.3 Å². The van der Waals surface area contributed by atoms with Crippen LogP contribution in [0.1, 0.15) is 26.3 Å². The van der Waals surface area contributed by atoms with Crippen LogP contribution in [0.15, 0.2) is 12.4 Å². The van der Waals surface area contributed by atoms with E-state index in [2.05, 4.69) is 41.0 Å². The van der Waals surface area contributed by atoms with E-state index in [1.807, 2.05) is 12.4 Å². The largest absolute Gasteiger partial charge is 0.377 e. The Morgan fingerprint density at radius 1 is 1.44 bits per heavy atom. The van der Waals surface area contributed by atoms with Crippen molar-refractivity contribution in [1.29, 1.82) is 0 Å². The Hall–Kier alpha value is -1.20. The van der Waals surface area contributed by atoms with Crippen molar-refractivity contribution in [2.24, 2.45) is 0 Å². The lowest BCUT2D eigenvalue weighted by Gasteiger charge is -2.33. The van der Waals surface area contributed by atoms with E-state index in [0.717, 1.165) is 37.8 Å². The van der Waals surface area contributed by atoms with Crippen molar-refractivity contribution < 1.29 is 4.74 Å². The van der Waals surface area contributed by atoms with Crippen LogP contribution >= 0.6 is 0 Å². The van der Waals surface area contributed by atoms with Gasteiger partial charge in [0, 0.05) is 37.1 Å². The maximum Gasteiger partial charge on any atom is 0.225 e. The summed E-state index contributed by atoms with van der Waals surface area (Å²) >= 11 is 0. The number of rotatable bonds is 4. The van der Waals surface area contributed by atoms with E-state index in [9.17, 15) is 0 Å². The van der Waals surface area contributed by atoms with Gasteiger partial charge in [0.2, 0.25) is 5.95 Å². The Morgan fingerprint density at radius 2 is 2.17 bits per heavy atom. The van der Waals surface area contributed by atoms with E-state index in [-0.39, 0.29) is 0 Å². The Morgan fingerprint density at radius 3 is 2.78 bits per heavy atom. The van der Waals surface area contributed by atoms with E-state index in [1.165, 1.54) is 0 Å². The van der Waals surface area contributed by atoms with Crippen LogP contribution in [0, 0.1) is 0 Å². The van der Waals surface area contributed by atoms with E-state index < -0.39 is 0 Å². The topological polar surface area (TPSA) is 50.3 Å². The number of aromatic nitrogens is 2. The molecule has 1 aliphatic heterocycles. The normalized spacial score (nSPS) is 20.4. The fraction of sp³-hybridized carbons (Fsp3) is 0.692. The van der Waals surface area contributed by atoms with Gasteiger partial charge in [-0.05, 0) is 6.92 Å². The smallest absolute Gasteiger partial charge is 0.225 e. The van der Waals surface area contributed by atoms with E-state index >= 15 is 0 Å². The molecule has 5 nitrogen and oxygen atoms in total. The molecule has 1 unspecified atom stereocenters.